The third kappa shape index (κ3) is 1.75. The summed E-state index contributed by atoms with van der Waals surface area (Å²) in [5.41, 5.74) is 1.49. The molecule has 3 heteroatoms. The minimum atomic E-state index is 0.112. The molecule has 0 aliphatic heterocycles. The van der Waals surface area contributed by atoms with Gasteiger partial charge in [0.25, 0.3) is 0 Å². The van der Waals surface area contributed by atoms with E-state index in [-0.39, 0.29) is 5.75 Å². The number of aromatic hydroxyl groups is 1. The molecular weight excluding hydrogens is 154 g/mol. The predicted molar refractivity (Wildman–Crippen MR) is 47.2 cm³/mol. The number of nitrogens with one attached hydrogen (secondary N) is 1. The van der Waals surface area contributed by atoms with Crippen molar-refractivity contribution in [3.63, 3.8) is 0 Å². The number of carbonyl (C=O) groups is 1. The van der Waals surface area contributed by atoms with Gasteiger partial charge in [-0.2, -0.15) is 0 Å². The van der Waals surface area contributed by atoms with Crippen LogP contribution < -0.4 is 5.32 Å². The molecule has 0 spiro atoms. The van der Waals surface area contributed by atoms with Crippen LogP contribution in [-0.2, 0) is 11.2 Å². The highest BCUT2D eigenvalue weighted by atomic mass is 16.3. The highest BCUT2D eigenvalue weighted by molar-refractivity contribution is 5.75. The van der Waals surface area contributed by atoms with E-state index < -0.39 is 0 Å². The number of phenols is 1. The molecule has 1 amide bonds. The van der Waals surface area contributed by atoms with Crippen LogP contribution in [-0.4, -0.2) is 11.5 Å². The summed E-state index contributed by atoms with van der Waals surface area (Å²) in [6, 6.07) is 5.19. The van der Waals surface area contributed by atoms with Gasteiger partial charge in [-0.1, -0.05) is 13.0 Å². The summed E-state index contributed by atoms with van der Waals surface area (Å²) in [4.78, 5) is 10.1. The lowest BCUT2D eigenvalue weighted by Gasteiger charge is -2.03. The quantitative estimate of drug-likeness (QED) is 0.527. The van der Waals surface area contributed by atoms with E-state index in [0.717, 1.165) is 12.0 Å². The molecule has 0 atom stereocenters. The maximum absolute atomic E-state index is 10.1. The molecule has 1 rings (SSSR count). The molecule has 2 N–H and O–H groups in total. The maximum atomic E-state index is 10.1. The van der Waals surface area contributed by atoms with Gasteiger partial charge in [-0.3, -0.25) is 4.79 Å². The average molecular weight is 165 g/mol. The number of hydrogen-bond donors (Lipinski definition) is 2. The zero-order valence-corrected chi connectivity index (χ0v) is 6.87. The zero-order valence-electron chi connectivity index (χ0n) is 6.87. The Balaban J connectivity index is 2.94. The molecule has 0 radical (unpaired) electrons. The van der Waals surface area contributed by atoms with Crippen molar-refractivity contribution in [3.05, 3.63) is 23.8 Å². The Labute approximate surface area is 71.0 Å². The topological polar surface area (TPSA) is 49.3 Å². The van der Waals surface area contributed by atoms with Gasteiger partial charge in [0.05, 0.1) is 5.69 Å². The van der Waals surface area contributed by atoms with Gasteiger partial charge in [-0.05, 0) is 24.1 Å². The van der Waals surface area contributed by atoms with Crippen LogP contribution in [0.2, 0.25) is 0 Å². The van der Waals surface area contributed by atoms with Gasteiger partial charge in [-0.25, -0.2) is 0 Å². The van der Waals surface area contributed by atoms with Crippen molar-refractivity contribution < 1.29 is 9.90 Å². The molecule has 0 aliphatic rings. The van der Waals surface area contributed by atoms with Crippen molar-refractivity contribution in [2.24, 2.45) is 0 Å². The van der Waals surface area contributed by atoms with E-state index in [9.17, 15) is 9.90 Å². The Hall–Kier alpha value is -1.51. The molecule has 0 bridgehead atoms. The van der Waals surface area contributed by atoms with Crippen LogP contribution in [0.15, 0.2) is 18.2 Å². The molecule has 0 saturated heterocycles. The molecule has 0 aliphatic carbocycles. The Bertz CT molecular complexity index is 284. The van der Waals surface area contributed by atoms with E-state index in [1.165, 1.54) is 0 Å². The number of amides is 1. The Morgan fingerprint density at radius 3 is 2.83 bits per heavy atom. The molecule has 0 unspecified atom stereocenters. The van der Waals surface area contributed by atoms with Crippen LogP contribution in [0.1, 0.15) is 12.5 Å². The third-order valence-corrected chi connectivity index (χ3v) is 1.68. The number of aryl methyl sites for hydroxylation is 1. The fraction of sp³-hybridized carbons (Fsp3) is 0.222. The first kappa shape index (κ1) is 8.59. The maximum Gasteiger partial charge on any atom is 0.211 e. The second kappa shape index (κ2) is 3.76. The fourth-order valence-electron chi connectivity index (χ4n) is 0.983. The van der Waals surface area contributed by atoms with Crippen LogP contribution in [0, 0.1) is 0 Å². The molecule has 0 saturated carbocycles. The Morgan fingerprint density at radius 1 is 1.58 bits per heavy atom. The van der Waals surface area contributed by atoms with Crippen molar-refractivity contribution in [2.45, 2.75) is 13.3 Å². The first-order chi connectivity index (χ1) is 5.77. The molecule has 1 aromatic rings. The molecule has 1 aromatic carbocycles. The van der Waals surface area contributed by atoms with Crippen LogP contribution in [0.5, 0.6) is 5.75 Å². The summed E-state index contributed by atoms with van der Waals surface area (Å²) in [6.07, 6.45) is 1.41. The number of benzene rings is 1. The van der Waals surface area contributed by atoms with E-state index in [4.69, 9.17) is 0 Å². The number of phenolic OH excluding ortho intramolecular Hbond substituents is 1. The largest absolute Gasteiger partial charge is 0.506 e. The van der Waals surface area contributed by atoms with E-state index in [1.807, 2.05) is 13.0 Å². The van der Waals surface area contributed by atoms with Gasteiger partial charge in [0.1, 0.15) is 5.75 Å². The lowest BCUT2D eigenvalue weighted by Crippen LogP contribution is -1.94. The number of anilines is 1. The first-order valence-corrected chi connectivity index (χ1v) is 3.80. The van der Waals surface area contributed by atoms with Gasteiger partial charge in [0.2, 0.25) is 6.41 Å². The smallest absolute Gasteiger partial charge is 0.211 e. The van der Waals surface area contributed by atoms with Crippen LogP contribution >= 0.6 is 0 Å². The summed E-state index contributed by atoms with van der Waals surface area (Å²) in [6.45, 7) is 2.00. The number of hydrogen-bond acceptors (Lipinski definition) is 2. The average Bonchev–Trinajstić information content (AvgIpc) is 2.09. The third-order valence-electron chi connectivity index (χ3n) is 1.68. The van der Waals surface area contributed by atoms with Crippen molar-refractivity contribution >= 4 is 12.1 Å². The standard InChI is InChI=1S/C9H11NO2/c1-2-7-3-4-8(10-6-11)9(12)5-7/h3-6,12H,2H2,1H3,(H,10,11). The lowest BCUT2D eigenvalue weighted by molar-refractivity contribution is -0.105. The summed E-state index contributed by atoms with van der Waals surface area (Å²) < 4.78 is 0. The molecule has 12 heavy (non-hydrogen) atoms. The van der Waals surface area contributed by atoms with E-state index >= 15 is 0 Å². The van der Waals surface area contributed by atoms with Crippen molar-refractivity contribution in [1.29, 1.82) is 0 Å². The van der Waals surface area contributed by atoms with Gasteiger partial charge in [0, 0.05) is 0 Å². The number of carbonyl (C=O) groups excluding carboxylic acids is 1. The van der Waals surface area contributed by atoms with Crippen LogP contribution in [0.4, 0.5) is 5.69 Å². The second-order valence-electron chi connectivity index (χ2n) is 2.47. The lowest BCUT2D eigenvalue weighted by atomic mass is 10.1. The fourth-order valence-corrected chi connectivity index (χ4v) is 0.983. The summed E-state index contributed by atoms with van der Waals surface area (Å²) in [5, 5.41) is 11.7. The molecule has 0 heterocycles. The Kier molecular flexibility index (Phi) is 2.69. The SMILES string of the molecule is CCc1ccc(NC=O)c(O)c1. The van der Waals surface area contributed by atoms with E-state index in [0.29, 0.717) is 12.1 Å². The van der Waals surface area contributed by atoms with Crippen molar-refractivity contribution in [3.8, 4) is 5.75 Å². The van der Waals surface area contributed by atoms with Gasteiger partial charge in [0.15, 0.2) is 0 Å². The predicted octanol–water partition coefficient (Wildman–Crippen LogP) is 1.52. The van der Waals surface area contributed by atoms with E-state index in [2.05, 4.69) is 5.32 Å². The number of rotatable bonds is 3. The van der Waals surface area contributed by atoms with Gasteiger partial charge < -0.3 is 10.4 Å². The molecule has 3 nitrogen and oxygen atoms in total. The minimum absolute atomic E-state index is 0.112. The monoisotopic (exact) mass is 165 g/mol. The summed E-state index contributed by atoms with van der Waals surface area (Å²) in [5.74, 6) is 0.112. The molecule has 0 aromatic heterocycles. The van der Waals surface area contributed by atoms with Crippen LogP contribution in [0.3, 0.4) is 0 Å². The molecular formula is C9H11NO2. The Morgan fingerprint density at radius 2 is 2.33 bits per heavy atom. The highest BCUT2D eigenvalue weighted by Crippen LogP contribution is 2.23. The molecule has 64 valence electrons. The molecule has 0 fully saturated rings. The van der Waals surface area contributed by atoms with Gasteiger partial charge in [-0.15, -0.1) is 0 Å². The zero-order chi connectivity index (χ0) is 8.97. The van der Waals surface area contributed by atoms with Crippen molar-refractivity contribution in [2.75, 3.05) is 5.32 Å². The van der Waals surface area contributed by atoms with Crippen molar-refractivity contribution in [1.82, 2.24) is 0 Å². The normalized spacial score (nSPS) is 9.42. The van der Waals surface area contributed by atoms with Gasteiger partial charge >= 0.3 is 0 Å². The summed E-state index contributed by atoms with van der Waals surface area (Å²) in [7, 11) is 0. The highest BCUT2D eigenvalue weighted by Gasteiger charge is 1.99. The summed E-state index contributed by atoms with van der Waals surface area (Å²) >= 11 is 0. The second-order valence-corrected chi connectivity index (χ2v) is 2.47. The van der Waals surface area contributed by atoms with Crippen LogP contribution in [0.25, 0.3) is 0 Å². The first-order valence-electron chi connectivity index (χ1n) is 3.80. The van der Waals surface area contributed by atoms with E-state index in [1.54, 1.807) is 12.1 Å². The minimum Gasteiger partial charge on any atom is -0.506 e.